The molecule has 0 N–H and O–H groups in total. The van der Waals surface area contributed by atoms with Crippen LogP contribution in [0.15, 0.2) is 41.1 Å². The Labute approximate surface area is 149 Å². The van der Waals surface area contributed by atoms with Crippen LogP contribution in [0.5, 0.6) is 0 Å². The van der Waals surface area contributed by atoms with Crippen LogP contribution in [0.4, 0.5) is 0 Å². The Morgan fingerprint density at radius 3 is 2.96 bits per heavy atom. The smallest absolute Gasteiger partial charge is 0.226 e. The molecular formula is C21H26N2O2. The zero-order chi connectivity index (χ0) is 17.2. The van der Waals surface area contributed by atoms with E-state index in [9.17, 15) is 4.79 Å². The molecule has 4 heteroatoms. The Kier molecular flexibility index (Phi) is 4.60. The quantitative estimate of drug-likeness (QED) is 0.825. The lowest BCUT2D eigenvalue weighted by atomic mass is 10.1. The number of hydrogen-bond acceptors (Lipinski definition) is 3. The summed E-state index contributed by atoms with van der Waals surface area (Å²) in [5.74, 6) is 2.73. The number of rotatable bonds is 4. The van der Waals surface area contributed by atoms with E-state index < -0.39 is 0 Å². The molecule has 4 rings (SSSR count). The second-order valence-electron chi connectivity index (χ2n) is 7.29. The van der Waals surface area contributed by atoms with Gasteiger partial charge in [0.2, 0.25) is 5.91 Å². The lowest BCUT2D eigenvalue weighted by molar-refractivity contribution is -0.135. The Morgan fingerprint density at radius 1 is 1.28 bits per heavy atom. The molecule has 1 amide bonds. The molecule has 0 unspecified atom stereocenters. The molecule has 25 heavy (non-hydrogen) atoms. The summed E-state index contributed by atoms with van der Waals surface area (Å²) < 4.78 is 6.02. The van der Waals surface area contributed by atoms with Crippen molar-refractivity contribution in [3.05, 3.63) is 53.7 Å². The fourth-order valence-corrected chi connectivity index (χ4v) is 4.08. The topological polar surface area (TPSA) is 46.3 Å². The number of likely N-dealkylation sites (tertiary alicyclic amines) is 1. The van der Waals surface area contributed by atoms with Crippen LogP contribution in [-0.2, 0) is 11.2 Å². The van der Waals surface area contributed by atoms with Crippen LogP contribution in [0.25, 0.3) is 0 Å². The number of carbonyl (C=O) groups is 1. The summed E-state index contributed by atoms with van der Waals surface area (Å²) in [7, 11) is 0. The predicted molar refractivity (Wildman–Crippen MR) is 96.1 cm³/mol. The molecular weight excluding hydrogens is 312 g/mol. The molecule has 1 saturated heterocycles. The SMILES string of the molecule is CCc1ccc([C@@H]2CCCCCN2C(=O)[C@H]2C[C@H]2c2cccnc2)o1. The van der Waals surface area contributed by atoms with E-state index in [0.717, 1.165) is 50.2 Å². The third kappa shape index (κ3) is 3.35. The van der Waals surface area contributed by atoms with Crippen LogP contribution in [0.3, 0.4) is 0 Å². The number of amides is 1. The van der Waals surface area contributed by atoms with Crippen molar-refractivity contribution in [1.82, 2.24) is 9.88 Å². The Bertz CT molecular complexity index is 725. The van der Waals surface area contributed by atoms with Crippen molar-refractivity contribution in [2.24, 2.45) is 5.92 Å². The van der Waals surface area contributed by atoms with Gasteiger partial charge in [-0.2, -0.15) is 0 Å². The predicted octanol–water partition coefficient (Wildman–Crippen LogP) is 4.48. The minimum atomic E-state index is 0.102. The van der Waals surface area contributed by atoms with E-state index in [-0.39, 0.29) is 12.0 Å². The minimum Gasteiger partial charge on any atom is -0.464 e. The van der Waals surface area contributed by atoms with Gasteiger partial charge >= 0.3 is 0 Å². The van der Waals surface area contributed by atoms with Crippen LogP contribution in [0.2, 0.25) is 0 Å². The van der Waals surface area contributed by atoms with E-state index in [1.54, 1.807) is 6.20 Å². The normalized spacial score (nSPS) is 26.3. The van der Waals surface area contributed by atoms with Gasteiger partial charge in [0.15, 0.2) is 0 Å². The molecule has 1 saturated carbocycles. The lowest BCUT2D eigenvalue weighted by Crippen LogP contribution is -2.36. The maximum Gasteiger partial charge on any atom is 0.226 e. The summed E-state index contributed by atoms with van der Waals surface area (Å²) in [5.41, 5.74) is 1.19. The number of furan rings is 1. The van der Waals surface area contributed by atoms with E-state index in [1.165, 1.54) is 12.0 Å². The molecule has 4 nitrogen and oxygen atoms in total. The van der Waals surface area contributed by atoms with Gasteiger partial charge in [0.05, 0.1) is 6.04 Å². The summed E-state index contributed by atoms with van der Waals surface area (Å²) >= 11 is 0. The fraction of sp³-hybridized carbons (Fsp3) is 0.524. The molecule has 0 spiro atoms. The van der Waals surface area contributed by atoms with E-state index in [1.807, 2.05) is 12.3 Å². The van der Waals surface area contributed by atoms with Gasteiger partial charge < -0.3 is 9.32 Å². The zero-order valence-corrected chi connectivity index (χ0v) is 14.9. The van der Waals surface area contributed by atoms with Crippen molar-refractivity contribution in [3.8, 4) is 0 Å². The number of nitrogens with zero attached hydrogens (tertiary/aromatic N) is 2. The standard InChI is InChI=1S/C21H26N2O2/c1-2-16-9-10-20(25-16)19-8-4-3-5-12-23(19)21(24)18-13-17(18)15-7-6-11-22-14-15/h6-7,9-11,14,17-19H,2-5,8,12-13H2,1H3/t17-,18-,19-/m0/s1. The molecule has 2 aromatic heterocycles. The zero-order valence-electron chi connectivity index (χ0n) is 14.9. The molecule has 0 aromatic carbocycles. The van der Waals surface area contributed by atoms with Gasteiger partial charge in [0, 0.05) is 31.3 Å². The van der Waals surface area contributed by atoms with Gasteiger partial charge in [-0.1, -0.05) is 25.8 Å². The molecule has 0 radical (unpaired) electrons. The van der Waals surface area contributed by atoms with E-state index in [4.69, 9.17) is 4.42 Å². The van der Waals surface area contributed by atoms with Crippen LogP contribution in [0, 0.1) is 5.92 Å². The van der Waals surface area contributed by atoms with E-state index >= 15 is 0 Å². The number of pyridine rings is 1. The van der Waals surface area contributed by atoms with Crippen molar-refractivity contribution in [3.63, 3.8) is 0 Å². The van der Waals surface area contributed by atoms with Gasteiger partial charge in [0.25, 0.3) is 0 Å². The highest BCUT2D eigenvalue weighted by atomic mass is 16.3. The van der Waals surface area contributed by atoms with Crippen molar-refractivity contribution in [2.75, 3.05) is 6.54 Å². The first-order valence-electron chi connectivity index (χ1n) is 9.57. The Hall–Kier alpha value is -2.10. The first-order chi connectivity index (χ1) is 12.3. The van der Waals surface area contributed by atoms with Gasteiger partial charge in [-0.3, -0.25) is 9.78 Å². The highest BCUT2D eigenvalue weighted by molar-refractivity contribution is 5.83. The summed E-state index contributed by atoms with van der Waals surface area (Å²) in [6.07, 6.45) is 9.98. The molecule has 2 fully saturated rings. The van der Waals surface area contributed by atoms with Gasteiger partial charge in [-0.25, -0.2) is 0 Å². The lowest BCUT2D eigenvalue weighted by Gasteiger charge is -2.29. The minimum absolute atomic E-state index is 0.102. The average Bonchev–Trinajstić information content (AvgIpc) is 3.38. The van der Waals surface area contributed by atoms with Crippen molar-refractivity contribution < 1.29 is 9.21 Å². The largest absolute Gasteiger partial charge is 0.464 e. The van der Waals surface area contributed by atoms with Gasteiger partial charge in [-0.15, -0.1) is 0 Å². The van der Waals surface area contributed by atoms with Crippen LogP contribution < -0.4 is 0 Å². The number of aromatic nitrogens is 1. The molecule has 1 aliphatic heterocycles. The molecule has 0 bridgehead atoms. The number of aryl methyl sites for hydroxylation is 1. The molecule has 2 aromatic rings. The summed E-state index contributed by atoms with van der Waals surface area (Å²) in [6, 6.07) is 8.27. The van der Waals surface area contributed by atoms with Gasteiger partial charge in [-0.05, 0) is 48.9 Å². The Balaban J connectivity index is 1.52. The first-order valence-corrected chi connectivity index (χ1v) is 9.57. The maximum absolute atomic E-state index is 13.2. The first kappa shape index (κ1) is 16.4. The van der Waals surface area contributed by atoms with E-state index in [2.05, 4.69) is 35.0 Å². The Morgan fingerprint density at radius 2 is 2.20 bits per heavy atom. The fourth-order valence-electron chi connectivity index (χ4n) is 4.08. The maximum atomic E-state index is 13.2. The van der Waals surface area contributed by atoms with Crippen LogP contribution in [-0.4, -0.2) is 22.3 Å². The highest BCUT2D eigenvalue weighted by Gasteiger charge is 2.47. The summed E-state index contributed by atoms with van der Waals surface area (Å²) in [5, 5.41) is 0. The summed E-state index contributed by atoms with van der Waals surface area (Å²) in [4.78, 5) is 19.5. The van der Waals surface area contributed by atoms with Crippen molar-refractivity contribution in [1.29, 1.82) is 0 Å². The third-order valence-corrected chi connectivity index (χ3v) is 5.62. The number of hydrogen-bond donors (Lipinski definition) is 0. The van der Waals surface area contributed by atoms with Gasteiger partial charge in [0.1, 0.15) is 11.5 Å². The highest BCUT2D eigenvalue weighted by Crippen LogP contribution is 2.49. The van der Waals surface area contributed by atoms with Crippen LogP contribution >= 0.6 is 0 Å². The second kappa shape index (κ2) is 7.03. The molecule has 3 atom stereocenters. The molecule has 1 aliphatic carbocycles. The van der Waals surface area contributed by atoms with Crippen molar-refractivity contribution >= 4 is 5.91 Å². The average molecular weight is 338 g/mol. The monoisotopic (exact) mass is 338 g/mol. The summed E-state index contributed by atoms with van der Waals surface area (Å²) in [6.45, 7) is 2.95. The second-order valence-corrected chi connectivity index (χ2v) is 7.29. The molecule has 2 aliphatic rings. The molecule has 3 heterocycles. The third-order valence-electron chi connectivity index (χ3n) is 5.62. The number of carbonyl (C=O) groups excluding carboxylic acids is 1. The van der Waals surface area contributed by atoms with Crippen LogP contribution in [0.1, 0.15) is 68.1 Å². The van der Waals surface area contributed by atoms with Crippen molar-refractivity contribution in [2.45, 2.75) is 57.4 Å². The van der Waals surface area contributed by atoms with E-state index in [0.29, 0.717) is 11.8 Å². The molecule has 132 valence electrons.